The molecule has 0 unspecified atom stereocenters. The van der Waals surface area contributed by atoms with Gasteiger partial charge in [0, 0.05) is 25.7 Å². The van der Waals surface area contributed by atoms with E-state index in [1.165, 1.54) is 31.2 Å². The number of anilines is 1. The number of ether oxygens (including phenoxy) is 3. The molecule has 0 spiro atoms. The third-order valence-electron chi connectivity index (χ3n) is 6.69. The number of benzene rings is 2. The Morgan fingerprint density at radius 2 is 1.60 bits per heavy atom. The number of rotatable bonds is 6. The van der Waals surface area contributed by atoms with Crippen molar-refractivity contribution in [3.8, 4) is 5.75 Å². The molecular weight excluding hydrogens is 576 g/mol. The zero-order chi connectivity index (χ0) is 31.6. The van der Waals surface area contributed by atoms with Crippen LogP contribution in [-0.2, 0) is 28.4 Å². The average molecular weight is 606 g/mol. The number of carbonyl (C=O) groups excluding carboxylic acids is 3. The summed E-state index contributed by atoms with van der Waals surface area (Å²) in [7, 11) is 3.65. The van der Waals surface area contributed by atoms with Crippen LogP contribution in [0.5, 0.6) is 5.75 Å². The van der Waals surface area contributed by atoms with E-state index in [1.807, 2.05) is 0 Å². The number of hydrogen-bond acceptors (Lipinski definition) is 6. The monoisotopic (exact) mass is 605 g/mol. The lowest BCUT2D eigenvalue weighted by Gasteiger charge is -2.42. The maximum Gasteiger partial charge on any atom is 0.416 e. The molecule has 2 aromatic carbocycles. The van der Waals surface area contributed by atoms with Crippen molar-refractivity contribution < 1.29 is 54.9 Å². The Kier molecular flexibility index (Phi) is 9.53. The van der Waals surface area contributed by atoms with Gasteiger partial charge in [-0.1, -0.05) is 0 Å². The van der Waals surface area contributed by atoms with Gasteiger partial charge in [0.2, 0.25) is 0 Å². The lowest BCUT2D eigenvalue weighted by atomic mass is 9.88. The van der Waals surface area contributed by atoms with Crippen molar-refractivity contribution >= 4 is 23.8 Å². The minimum atomic E-state index is -5.10. The zero-order valence-corrected chi connectivity index (χ0v) is 23.3. The molecule has 0 fully saturated rings. The summed E-state index contributed by atoms with van der Waals surface area (Å²) in [4.78, 5) is 40.9. The van der Waals surface area contributed by atoms with Crippen LogP contribution in [0.15, 0.2) is 30.3 Å². The van der Waals surface area contributed by atoms with Crippen molar-refractivity contribution in [1.29, 1.82) is 0 Å². The first-order valence-corrected chi connectivity index (χ1v) is 12.6. The topological polar surface area (TPSA) is 97.4 Å². The number of nitrogens with zero attached hydrogens (tertiary/aromatic N) is 2. The number of methoxy groups -OCH3 is 2. The highest BCUT2D eigenvalue weighted by Crippen LogP contribution is 2.45. The molecule has 0 aromatic heterocycles. The molecule has 3 amide bonds. The van der Waals surface area contributed by atoms with Gasteiger partial charge in [-0.2, -0.15) is 26.3 Å². The summed E-state index contributed by atoms with van der Waals surface area (Å²) in [5.74, 6) is -0.528. The van der Waals surface area contributed by atoms with Gasteiger partial charge in [-0.25, -0.2) is 9.59 Å². The quantitative estimate of drug-likeness (QED) is 0.397. The number of alkyl halides is 6. The number of amides is 3. The van der Waals surface area contributed by atoms with Crippen LogP contribution in [0.25, 0.3) is 0 Å². The largest absolute Gasteiger partial charge is 0.496 e. The molecule has 0 saturated carbocycles. The van der Waals surface area contributed by atoms with Crippen molar-refractivity contribution in [3.05, 3.63) is 58.1 Å². The summed E-state index contributed by atoms with van der Waals surface area (Å²) in [6, 6.07) is 2.01. The first-order chi connectivity index (χ1) is 19.6. The van der Waals surface area contributed by atoms with Gasteiger partial charge in [0.1, 0.15) is 5.75 Å². The van der Waals surface area contributed by atoms with Gasteiger partial charge >= 0.3 is 24.5 Å². The van der Waals surface area contributed by atoms with Crippen LogP contribution in [0.1, 0.15) is 58.9 Å². The van der Waals surface area contributed by atoms with Crippen molar-refractivity contribution in [2.45, 2.75) is 51.2 Å². The molecule has 1 N–H and O–H groups in total. The molecule has 2 atom stereocenters. The molecule has 1 heterocycles. The molecule has 0 saturated heterocycles. The molecule has 42 heavy (non-hydrogen) atoms. The van der Waals surface area contributed by atoms with E-state index in [0.29, 0.717) is 12.1 Å². The lowest BCUT2D eigenvalue weighted by Crippen LogP contribution is -2.47. The van der Waals surface area contributed by atoms with Crippen LogP contribution in [0.4, 0.5) is 41.6 Å². The Morgan fingerprint density at radius 3 is 2.07 bits per heavy atom. The standard InChI is InChI=1S/C27H29F6N3O6/c1-6-42-25(39)36-14(2)7-20(18-11-19(23(37)34-3)22(40-4)12-21(18)36)35(24(38)41-5)13-15-8-16(26(28,29)30)10-17(9-15)27(31,32)33/h8-12,14,20H,6-7,13H2,1-5H3,(H,34,37)/t14-,20+/m0/s1. The Labute approximate surface area is 237 Å². The molecule has 0 radical (unpaired) electrons. The Bertz CT molecular complexity index is 1310. The summed E-state index contributed by atoms with van der Waals surface area (Å²) < 4.78 is 96.6. The smallest absolute Gasteiger partial charge is 0.416 e. The maximum absolute atomic E-state index is 13.5. The number of fused-ring (bicyclic) bond motifs is 1. The predicted octanol–water partition coefficient (Wildman–Crippen LogP) is 6.16. The molecule has 1 aliphatic heterocycles. The van der Waals surface area contributed by atoms with E-state index in [4.69, 9.17) is 14.2 Å². The van der Waals surface area contributed by atoms with Gasteiger partial charge in [0.15, 0.2) is 0 Å². The summed E-state index contributed by atoms with van der Waals surface area (Å²) in [5, 5.41) is 2.44. The molecule has 9 nitrogen and oxygen atoms in total. The van der Waals surface area contributed by atoms with E-state index >= 15 is 0 Å². The molecular formula is C27H29F6N3O6. The van der Waals surface area contributed by atoms with Crippen molar-refractivity contribution in [2.75, 3.05) is 32.8 Å². The number of carbonyl (C=O) groups is 3. The minimum absolute atomic E-state index is 0.00496. The van der Waals surface area contributed by atoms with Gasteiger partial charge < -0.3 is 19.5 Å². The van der Waals surface area contributed by atoms with Gasteiger partial charge in [0.05, 0.1) is 49.2 Å². The highest BCUT2D eigenvalue weighted by Gasteiger charge is 2.42. The fraction of sp³-hybridized carbons (Fsp3) is 0.444. The van der Waals surface area contributed by atoms with Crippen LogP contribution in [0, 0.1) is 0 Å². The van der Waals surface area contributed by atoms with E-state index in [1.54, 1.807) is 13.8 Å². The molecule has 0 aliphatic carbocycles. The Balaban J connectivity index is 2.26. The lowest BCUT2D eigenvalue weighted by molar-refractivity contribution is -0.143. The molecule has 0 bridgehead atoms. The van der Waals surface area contributed by atoms with E-state index in [9.17, 15) is 40.7 Å². The third-order valence-corrected chi connectivity index (χ3v) is 6.69. The second-order valence-electron chi connectivity index (χ2n) is 9.37. The van der Waals surface area contributed by atoms with Gasteiger partial charge in [-0.05, 0) is 55.7 Å². The van der Waals surface area contributed by atoms with Crippen molar-refractivity contribution in [3.63, 3.8) is 0 Å². The van der Waals surface area contributed by atoms with E-state index in [-0.39, 0.29) is 41.7 Å². The third kappa shape index (κ3) is 6.65. The SMILES string of the molecule is CCOC(=O)N1c2cc(OC)c(C(=O)NC)cc2[C@H](N(Cc2cc(C(F)(F)F)cc(C(F)(F)F)c2)C(=O)OC)C[C@@H]1C. The number of halogens is 6. The van der Waals surface area contributed by atoms with Crippen LogP contribution in [-0.4, -0.2) is 56.9 Å². The normalized spacial score (nSPS) is 16.8. The molecule has 15 heteroatoms. The second kappa shape index (κ2) is 12.4. The molecule has 230 valence electrons. The molecule has 2 aromatic rings. The highest BCUT2D eigenvalue weighted by molar-refractivity contribution is 5.99. The van der Waals surface area contributed by atoms with Crippen molar-refractivity contribution in [2.24, 2.45) is 0 Å². The predicted molar refractivity (Wildman–Crippen MR) is 137 cm³/mol. The summed E-state index contributed by atoms with van der Waals surface area (Å²) in [5.41, 5.74) is -3.20. The van der Waals surface area contributed by atoms with E-state index < -0.39 is 65.8 Å². The second-order valence-corrected chi connectivity index (χ2v) is 9.37. The Morgan fingerprint density at radius 1 is 1.00 bits per heavy atom. The van der Waals surface area contributed by atoms with Gasteiger partial charge in [0.25, 0.3) is 5.91 Å². The van der Waals surface area contributed by atoms with Crippen LogP contribution >= 0.6 is 0 Å². The summed E-state index contributed by atoms with van der Waals surface area (Å²) in [6.45, 7) is 2.51. The fourth-order valence-electron chi connectivity index (χ4n) is 4.83. The molecule has 1 aliphatic rings. The zero-order valence-electron chi connectivity index (χ0n) is 23.3. The fourth-order valence-corrected chi connectivity index (χ4v) is 4.83. The van der Waals surface area contributed by atoms with Crippen LogP contribution < -0.4 is 15.0 Å². The highest BCUT2D eigenvalue weighted by atomic mass is 19.4. The van der Waals surface area contributed by atoms with Gasteiger partial charge in [-0.15, -0.1) is 0 Å². The minimum Gasteiger partial charge on any atom is -0.496 e. The van der Waals surface area contributed by atoms with E-state index in [2.05, 4.69) is 5.32 Å². The van der Waals surface area contributed by atoms with Crippen molar-refractivity contribution in [1.82, 2.24) is 10.2 Å². The number of hydrogen-bond donors (Lipinski definition) is 1. The molecule has 3 rings (SSSR count). The summed E-state index contributed by atoms with van der Waals surface area (Å²) in [6.07, 6.45) is -12.1. The first-order valence-electron chi connectivity index (χ1n) is 12.6. The van der Waals surface area contributed by atoms with Crippen LogP contribution in [0.2, 0.25) is 0 Å². The van der Waals surface area contributed by atoms with E-state index in [0.717, 1.165) is 12.0 Å². The maximum atomic E-state index is 13.5. The van der Waals surface area contributed by atoms with Crippen LogP contribution in [0.3, 0.4) is 0 Å². The summed E-state index contributed by atoms with van der Waals surface area (Å²) >= 11 is 0. The Hall–Kier alpha value is -4.17. The first kappa shape index (κ1) is 32.3. The number of nitrogens with one attached hydrogen (secondary N) is 1. The van der Waals surface area contributed by atoms with Gasteiger partial charge in [-0.3, -0.25) is 14.6 Å². The average Bonchev–Trinajstić information content (AvgIpc) is 2.92.